The van der Waals surface area contributed by atoms with E-state index in [0.717, 1.165) is 12.1 Å². The van der Waals surface area contributed by atoms with Crippen LogP contribution in [0.2, 0.25) is 0 Å². The topological polar surface area (TPSA) is 52.6 Å². The van der Waals surface area contributed by atoms with E-state index in [1.807, 2.05) is 0 Å². The predicted molar refractivity (Wildman–Crippen MR) is 75.8 cm³/mol. The Balaban J connectivity index is 2.08. The lowest BCUT2D eigenvalue weighted by molar-refractivity contribution is -0.274. The van der Waals surface area contributed by atoms with Crippen LogP contribution in [0, 0.1) is 0 Å². The number of ether oxygens (including phenoxy) is 2. The van der Waals surface area contributed by atoms with E-state index in [2.05, 4.69) is 19.5 Å². The van der Waals surface area contributed by atoms with Gasteiger partial charge in [0.25, 0.3) is 0 Å². The number of rotatable bonds is 4. The van der Waals surface area contributed by atoms with Crippen molar-refractivity contribution >= 4 is 23.1 Å². The summed E-state index contributed by atoms with van der Waals surface area (Å²) in [4.78, 5) is 0.0637. The fourth-order valence-corrected chi connectivity index (χ4v) is 2.62. The summed E-state index contributed by atoms with van der Waals surface area (Å²) in [6, 6.07) is 10.3. The molecule has 0 fully saturated rings. The van der Waals surface area contributed by atoms with Crippen molar-refractivity contribution in [2.75, 3.05) is 0 Å². The first-order chi connectivity index (χ1) is 10.1. The molecule has 2 aromatic rings. The predicted octanol–water partition coefficient (Wildman–Crippen LogP) is 4.46. The van der Waals surface area contributed by atoms with Crippen molar-refractivity contribution in [1.29, 1.82) is 0 Å². The van der Waals surface area contributed by atoms with E-state index < -0.39 is 14.6 Å². The van der Waals surface area contributed by atoms with Gasteiger partial charge in [0.2, 0.25) is 8.27 Å². The summed E-state index contributed by atoms with van der Waals surface area (Å²) in [6.45, 7) is 0. The molecule has 118 valence electrons. The van der Waals surface area contributed by atoms with Gasteiger partial charge in [-0.25, -0.2) is 8.42 Å². The lowest BCUT2D eigenvalue weighted by atomic mass is 10.3. The molecule has 0 radical (unpaired) electrons. The summed E-state index contributed by atoms with van der Waals surface area (Å²) >= 11 is 2.54. The molecule has 0 aliphatic heterocycles. The fraction of sp³-hybridized carbons (Fsp3) is 0.0769. The highest BCUT2D eigenvalue weighted by Crippen LogP contribution is 2.28. The van der Waals surface area contributed by atoms with Crippen LogP contribution in [0.5, 0.6) is 17.2 Å². The Morgan fingerprint density at radius 3 is 1.64 bits per heavy atom. The van der Waals surface area contributed by atoms with E-state index in [9.17, 15) is 21.6 Å². The number of hydrogen-bond donors (Lipinski definition) is 0. The van der Waals surface area contributed by atoms with Crippen molar-refractivity contribution in [3.05, 3.63) is 48.5 Å². The zero-order valence-electron chi connectivity index (χ0n) is 10.7. The van der Waals surface area contributed by atoms with E-state index in [4.69, 9.17) is 4.74 Å². The van der Waals surface area contributed by atoms with E-state index in [1.165, 1.54) is 36.4 Å². The molecule has 0 atom stereocenters. The van der Waals surface area contributed by atoms with Crippen LogP contribution in [0.1, 0.15) is 0 Å². The van der Waals surface area contributed by atoms with Crippen molar-refractivity contribution in [3.63, 3.8) is 0 Å². The first-order valence-electron chi connectivity index (χ1n) is 5.72. The summed E-state index contributed by atoms with van der Waals surface area (Å²) in [5, 5.41) is 0. The molecule has 0 amide bonds. The number of hydrogen-bond acceptors (Lipinski definition) is 4. The molecule has 0 aliphatic carbocycles. The van der Waals surface area contributed by atoms with E-state index in [0.29, 0.717) is 5.75 Å². The largest absolute Gasteiger partial charge is 0.573 e. The molecule has 2 aromatic carbocycles. The third-order valence-electron chi connectivity index (χ3n) is 2.40. The summed E-state index contributed by atoms with van der Waals surface area (Å²) in [5.74, 6) is 0.258. The molecule has 0 bridgehead atoms. The zero-order valence-corrected chi connectivity index (χ0v) is 13.1. The van der Waals surface area contributed by atoms with E-state index in [1.54, 1.807) is 0 Å². The van der Waals surface area contributed by atoms with Crippen LogP contribution < -0.4 is 9.47 Å². The van der Waals surface area contributed by atoms with Crippen molar-refractivity contribution in [1.82, 2.24) is 0 Å². The van der Waals surface area contributed by atoms with Gasteiger partial charge in [-0.2, -0.15) is 0 Å². The molecule has 2 rings (SSSR count). The first-order valence-corrected chi connectivity index (χ1v) is 9.04. The summed E-state index contributed by atoms with van der Waals surface area (Å²) < 4.78 is 67.6. The third-order valence-corrected chi connectivity index (χ3v) is 4.35. The Kier molecular flexibility index (Phi) is 4.66. The van der Waals surface area contributed by atoms with Gasteiger partial charge >= 0.3 is 6.36 Å². The van der Waals surface area contributed by atoms with Crippen molar-refractivity contribution < 1.29 is 31.1 Å². The minimum Gasteiger partial charge on any atom is -0.457 e. The molecule has 0 heterocycles. The molecule has 0 aliphatic rings. The molecular weight excluding hydrogens is 389 g/mol. The van der Waals surface area contributed by atoms with Gasteiger partial charge in [0, 0.05) is 0 Å². The molecule has 0 saturated heterocycles. The molecule has 0 spiro atoms. The lowest BCUT2D eigenvalue weighted by Gasteiger charge is -2.10. The van der Waals surface area contributed by atoms with Gasteiger partial charge < -0.3 is 9.47 Å². The number of halogens is 4. The number of benzene rings is 2. The standard InChI is InChI=1S/C13H8BrF3O4S/c14-22(18,19)12-7-5-10(6-8-12)20-9-1-3-11(4-2-9)21-13(15,16)17/h1-8H. The van der Waals surface area contributed by atoms with Crippen LogP contribution in [0.25, 0.3) is 0 Å². The minimum atomic E-state index is -4.75. The van der Waals surface area contributed by atoms with Crippen LogP contribution in [-0.4, -0.2) is 14.8 Å². The van der Waals surface area contributed by atoms with Crippen molar-refractivity contribution in [3.8, 4) is 17.2 Å². The maximum Gasteiger partial charge on any atom is 0.573 e. The maximum absolute atomic E-state index is 12.0. The minimum absolute atomic E-state index is 0.0637. The SMILES string of the molecule is O=S(=O)(Br)c1ccc(Oc2ccc(OC(F)(F)F)cc2)cc1. The monoisotopic (exact) mass is 396 g/mol. The Morgan fingerprint density at radius 1 is 0.818 bits per heavy atom. The average molecular weight is 397 g/mol. The maximum atomic E-state index is 12.0. The smallest absolute Gasteiger partial charge is 0.457 e. The van der Waals surface area contributed by atoms with Gasteiger partial charge in [0.05, 0.1) is 19.7 Å². The third kappa shape index (κ3) is 4.92. The van der Waals surface area contributed by atoms with Crippen LogP contribution in [-0.2, 0) is 8.27 Å². The first kappa shape index (κ1) is 16.6. The summed E-state index contributed by atoms with van der Waals surface area (Å²) in [5.41, 5.74) is 0. The Morgan fingerprint density at radius 2 is 1.23 bits per heavy atom. The lowest BCUT2D eigenvalue weighted by Crippen LogP contribution is -2.16. The molecule has 9 heteroatoms. The molecule has 4 nitrogen and oxygen atoms in total. The van der Waals surface area contributed by atoms with Gasteiger partial charge in [-0.15, -0.1) is 13.2 Å². The molecule has 0 N–H and O–H groups in total. The second-order valence-corrected chi connectivity index (χ2v) is 7.93. The van der Waals surface area contributed by atoms with Crippen LogP contribution in [0.3, 0.4) is 0 Å². The van der Waals surface area contributed by atoms with Gasteiger partial charge in [0.15, 0.2) is 0 Å². The Labute approximate surface area is 131 Å². The van der Waals surface area contributed by atoms with Crippen molar-refractivity contribution in [2.45, 2.75) is 11.3 Å². The van der Waals surface area contributed by atoms with Gasteiger partial charge in [-0.05, 0) is 48.5 Å². The normalized spacial score (nSPS) is 12.0. The highest BCUT2D eigenvalue weighted by molar-refractivity contribution is 9.47. The quantitative estimate of drug-likeness (QED) is 0.715. The second-order valence-electron chi connectivity index (χ2n) is 4.03. The molecule has 0 saturated carbocycles. The van der Waals surface area contributed by atoms with Gasteiger partial charge in [-0.3, -0.25) is 0 Å². The van der Waals surface area contributed by atoms with E-state index in [-0.39, 0.29) is 16.4 Å². The molecule has 22 heavy (non-hydrogen) atoms. The zero-order chi connectivity index (χ0) is 16.4. The molecular formula is C13H8BrF3O4S. The highest BCUT2D eigenvalue weighted by Gasteiger charge is 2.30. The number of alkyl halides is 3. The van der Waals surface area contributed by atoms with E-state index >= 15 is 0 Å². The fourth-order valence-electron chi connectivity index (χ4n) is 1.52. The van der Waals surface area contributed by atoms with Gasteiger partial charge in [0.1, 0.15) is 17.2 Å². The van der Waals surface area contributed by atoms with Gasteiger partial charge in [-0.1, -0.05) is 0 Å². The second kappa shape index (κ2) is 6.17. The highest BCUT2D eigenvalue weighted by atomic mass is 79.9. The Bertz CT molecular complexity index is 740. The molecule has 0 unspecified atom stereocenters. The summed E-state index contributed by atoms with van der Waals surface area (Å²) in [6.07, 6.45) is -4.75. The average Bonchev–Trinajstić information content (AvgIpc) is 2.39. The summed E-state index contributed by atoms with van der Waals surface area (Å²) in [7, 11) is -3.48. The Hall–Kier alpha value is -1.74. The molecule has 0 aromatic heterocycles. The van der Waals surface area contributed by atoms with Crippen LogP contribution in [0.4, 0.5) is 13.2 Å². The van der Waals surface area contributed by atoms with Crippen LogP contribution in [0.15, 0.2) is 53.4 Å². The van der Waals surface area contributed by atoms with Crippen LogP contribution >= 0.6 is 14.8 Å². The van der Waals surface area contributed by atoms with Crippen molar-refractivity contribution in [2.24, 2.45) is 0 Å².